The highest BCUT2D eigenvalue weighted by Gasteiger charge is 2.34. The Balaban J connectivity index is 1.76. The number of nitriles is 1. The largest absolute Gasteiger partial charge is 0.497 e. The molecule has 0 radical (unpaired) electrons. The predicted octanol–water partition coefficient (Wildman–Crippen LogP) is 2.93. The van der Waals surface area contributed by atoms with E-state index in [-0.39, 0.29) is 28.5 Å². The summed E-state index contributed by atoms with van der Waals surface area (Å²) in [5.74, 6) is 1.01. The third kappa shape index (κ3) is 3.85. The van der Waals surface area contributed by atoms with Gasteiger partial charge in [-0.2, -0.15) is 5.26 Å². The first-order chi connectivity index (χ1) is 15.0. The minimum absolute atomic E-state index is 0.0695. The van der Waals surface area contributed by atoms with Gasteiger partial charge < -0.3 is 4.74 Å². The Morgan fingerprint density at radius 2 is 1.87 bits per heavy atom. The molecule has 8 nitrogen and oxygen atoms in total. The molecule has 2 aromatic carbocycles. The average molecular weight is 433 g/mol. The molecule has 1 atom stereocenters. The number of carbonyl (C=O) groups is 1. The van der Waals surface area contributed by atoms with Crippen LogP contribution in [-0.2, 0) is 11.8 Å². The molecule has 3 aromatic rings. The summed E-state index contributed by atoms with van der Waals surface area (Å²) in [4.78, 5) is 30.0. The van der Waals surface area contributed by atoms with E-state index in [0.29, 0.717) is 17.1 Å². The van der Waals surface area contributed by atoms with E-state index in [9.17, 15) is 14.9 Å². The summed E-state index contributed by atoms with van der Waals surface area (Å²) < 4.78 is 6.41. The van der Waals surface area contributed by atoms with Crippen LogP contribution >= 0.6 is 11.8 Å². The van der Waals surface area contributed by atoms with Gasteiger partial charge in [-0.05, 0) is 29.8 Å². The van der Waals surface area contributed by atoms with Crippen LogP contribution in [0.25, 0.3) is 11.3 Å². The predicted molar refractivity (Wildman–Crippen MR) is 118 cm³/mol. The van der Waals surface area contributed by atoms with Gasteiger partial charge in [0.1, 0.15) is 22.8 Å². The molecule has 0 saturated carbocycles. The van der Waals surface area contributed by atoms with Crippen molar-refractivity contribution in [3.63, 3.8) is 0 Å². The molecule has 1 amide bonds. The molecule has 31 heavy (non-hydrogen) atoms. The molecule has 1 unspecified atom stereocenters. The number of carbonyl (C=O) groups excluding carboxylic acids is 1. The van der Waals surface area contributed by atoms with Crippen LogP contribution in [0.3, 0.4) is 0 Å². The normalized spacial score (nSPS) is 15.6. The van der Waals surface area contributed by atoms with Gasteiger partial charge in [0, 0.05) is 12.6 Å². The van der Waals surface area contributed by atoms with Gasteiger partial charge in [0.25, 0.3) is 11.5 Å². The minimum Gasteiger partial charge on any atom is -0.497 e. The maximum atomic E-state index is 12.9. The molecule has 9 heteroatoms. The lowest BCUT2D eigenvalue weighted by Gasteiger charge is -2.26. The van der Waals surface area contributed by atoms with Crippen molar-refractivity contribution in [2.24, 2.45) is 7.05 Å². The Morgan fingerprint density at radius 1 is 1.16 bits per heavy atom. The van der Waals surface area contributed by atoms with Gasteiger partial charge in [-0.15, -0.1) is 11.8 Å². The summed E-state index contributed by atoms with van der Waals surface area (Å²) in [6.45, 7) is 0. The molecule has 2 heterocycles. The summed E-state index contributed by atoms with van der Waals surface area (Å²) in [6.07, 6.45) is 0. The van der Waals surface area contributed by atoms with Gasteiger partial charge in [-0.25, -0.2) is 9.99 Å². The number of nitrogens with one attached hydrogen (secondary N) is 1. The third-order valence-corrected chi connectivity index (χ3v) is 6.15. The smallest absolute Gasteiger partial charge is 0.273 e. The molecule has 0 aliphatic carbocycles. The van der Waals surface area contributed by atoms with Crippen LogP contribution in [0.1, 0.15) is 16.5 Å². The Morgan fingerprint density at radius 3 is 2.52 bits per heavy atom. The van der Waals surface area contributed by atoms with E-state index in [1.807, 2.05) is 36.4 Å². The van der Waals surface area contributed by atoms with Gasteiger partial charge >= 0.3 is 0 Å². The monoisotopic (exact) mass is 433 g/mol. The van der Waals surface area contributed by atoms with Crippen molar-refractivity contribution >= 4 is 23.6 Å². The van der Waals surface area contributed by atoms with E-state index in [1.54, 1.807) is 31.4 Å². The number of hydrogen-bond donors (Lipinski definition) is 1. The number of hydrazine groups is 1. The second kappa shape index (κ2) is 8.53. The number of nitrogens with zero attached hydrogens (tertiary/aromatic N) is 4. The fourth-order valence-electron chi connectivity index (χ4n) is 3.28. The van der Waals surface area contributed by atoms with E-state index in [1.165, 1.54) is 28.4 Å². The number of amides is 1. The molecule has 1 aromatic heterocycles. The standard InChI is InChI=1S/C22H19N5O3S/c1-26-20(29)17(12-23)19(14-8-10-16(30-2)11-9-14)24-22(26)25-27-18(28)13-31-21(27)15-6-4-3-5-7-15/h3-11,21H,13H2,1-2H3,(H,24,25). The fraction of sp³-hybridized carbons (Fsp3) is 0.182. The van der Waals surface area contributed by atoms with Gasteiger partial charge in [0.2, 0.25) is 5.95 Å². The maximum absolute atomic E-state index is 12.9. The summed E-state index contributed by atoms with van der Waals surface area (Å²) in [5, 5.41) is 10.8. The van der Waals surface area contributed by atoms with Crippen LogP contribution in [0.15, 0.2) is 59.4 Å². The zero-order valence-electron chi connectivity index (χ0n) is 16.9. The fourth-order valence-corrected chi connectivity index (χ4v) is 4.39. The first-order valence-electron chi connectivity index (χ1n) is 9.44. The van der Waals surface area contributed by atoms with Crippen LogP contribution in [-0.4, -0.2) is 33.3 Å². The average Bonchev–Trinajstić information content (AvgIpc) is 3.17. The Labute approximate surface area is 183 Å². The van der Waals surface area contributed by atoms with Gasteiger partial charge in [0.15, 0.2) is 0 Å². The first kappa shape index (κ1) is 20.5. The van der Waals surface area contributed by atoms with Crippen molar-refractivity contribution in [2.75, 3.05) is 18.3 Å². The second-order valence-electron chi connectivity index (χ2n) is 6.81. The van der Waals surface area contributed by atoms with Crippen molar-refractivity contribution in [2.45, 2.75) is 5.37 Å². The second-order valence-corrected chi connectivity index (χ2v) is 7.88. The highest BCUT2D eigenvalue weighted by molar-refractivity contribution is 8.00. The van der Waals surface area contributed by atoms with E-state index in [0.717, 1.165) is 5.56 Å². The zero-order chi connectivity index (χ0) is 22.0. The number of aromatic nitrogens is 2. The number of rotatable bonds is 5. The summed E-state index contributed by atoms with van der Waals surface area (Å²) in [5.41, 5.74) is 4.24. The Bertz CT molecular complexity index is 1220. The molecule has 1 aliphatic rings. The minimum atomic E-state index is -0.499. The van der Waals surface area contributed by atoms with Crippen LogP contribution in [0, 0.1) is 11.3 Å². The summed E-state index contributed by atoms with van der Waals surface area (Å²) in [6, 6.07) is 18.5. The molecule has 0 bridgehead atoms. The molecule has 156 valence electrons. The lowest BCUT2D eigenvalue weighted by Crippen LogP contribution is -2.37. The molecule has 1 saturated heterocycles. The first-order valence-corrected chi connectivity index (χ1v) is 10.5. The number of anilines is 1. The quantitative estimate of drug-likeness (QED) is 0.660. The molecule has 1 fully saturated rings. The molecule has 1 N–H and O–H groups in total. The summed E-state index contributed by atoms with van der Waals surface area (Å²) in [7, 11) is 3.07. The summed E-state index contributed by atoms with van der Waals surface area (Å²) >= 11 is 1.49. The molecule has 4 rings (SSSR count). The molecule has 1 aliphatic heterocycles. The number of hydrogen-bond acceptors (Lipinski definition) is 7. The van der Waals surface area contributed by atoms with E-state index in [2.05, 4.69) is 10.4 Å². The zero-order valence-corrected chi connectivity index (χ0v) is 17.7. The SMILES string of the molecule is COc1ccc(-c2nc(NN3C(=O)CSC3c3ccccc3)n(C)c(=O)c2C#N)cc1. The third-order valence-electron chi connectivity index (χ3n) is 4.94. The van der Waals surface area contributed by atoms with Gasteiger partial charge in [-0.1, -0.05) is 30.3 Å². The molecular weight excluding hydrogens is 414 g/mol. The van der Waals surface area contributed by atoms with E-state index in [4.69, 9.17) is 4.74 Å². The number of thioether (sulfide) groups is 1. The lowest BCUT2D eigenvalue weighted by molar-refractivity contribution is -0.126. The maximum Gasteiger partial charge on any atom is 0.273 e. The van der Waals surface area contributed by atoms with Crippen LogP contribution in [0.4, 0.5) is 5.95 Å². The van der Waals surface area contributed by atoms with Crippen molar-refractivity contribution in [1.29, 1.82) is 5.26 Å². The number of ether oxygens (including phenoxy) is 1. The van der Waals surface area contributed by atoms with Crippen LogP contribution in [0.2, 0.25) is 0 Å². The van der Waals surface area contributed by atoms with Crippen molar-refractivity contribution in [3.8, 4) is 23.1 Å². The number of methoxy groups -OCH3 is 1. The van der Waals surface area contributed by atoms with Crippen LogP contribution in [0.5, 0.6) is 5.75 Å². The number of benzene rings is 2. The molecular formula is C22H19N5O3S. The highest BCUT2D eigenvalue weighted by Crippen LogP contribution is 2.38. The Kier molecular flexibility index (Phi) is 5.64. The molecule has 0 spiro atoms. The highest BCUT2D eigenvalue weighted by atomic mass is 32.2. The van der Waals surface area contributed by atoms with Gasteiger partial charge in [-0.3, -0.25) is 19.6 Å². The van der Waals surface area contributed by atoms with Crippen LogP contribution < -0.4 is 15.7 Å². The lowest BCUT2D eigenvalue weighted by atomic mass is 10.1. The van der Waals surface area contributed by atoms with Crippen molar-refractivity contribution in [3.05, 3.63) is 76.1 Å². The van der Waals surface area contributed by atoms with Crippen molar-refractivity contribution < 1.29 is 9.53 Å². The topological polar surface area (TPSA) is 100 Å². The van der Waals surface area contributed by atoms with E-state index >= 15 is 0 Å². The van der Waals surface area contributed by atoms with Crippen molar-refractivity contribution in [1.82, 2.24) is 14.6 Å². The Hall–Kier alpha value is -3.77. The van der Waals surface area contributed by atoms with Gasteiger partial charge in [0.05, 0.1) is 18.6 Å². The van der Waals surface area contributed by atoms with E-state index < -0.39 is 5.56 Å².